The number of fused-ring (bicyclic) bond motifs is 2. The van der Waals surface area contributed by atoms with Gasteiger partial charge in [0.15, 0.2) is 11.4 Å². The highest BCUT2D eigenvalue weighted by atomic mass is 16.6. The van der Waals surface area contributed by atoms with Gasteiger partial charge in [0, 0.05) is 11.5 Å². The SMILES string of the molecule is Cc1cc2c(cc1Oc1ccc(C(=O)Nc3cc(C)c4c(C)nn(C(C)(C)C)c4n3)o1)C(C)(C)OC2. The van der Waals surface area contributed by atoms with Gasteiger partial charge in [-0.3, -0.25) is 4.79 Å². The molecule has 0 fully saturated rings. The first-order valence-electron chi connectivity index (χ1n) is 12.1. The molecule has 0 spiro atoms. The lowest BCUT2D eigenvalue weighted by atomic mass is 9.94. The van der Waals surface area contributed by atoms with Crippen LogP contribution in [0.4, 0.5) is 5.82 Å². The second-order valence-electron chi connectivity index (χ2n) is 10.9. The van der Waals surface area contributed by atoms with Crippen molar-refractivity contribution in [2.45, 2.75) is 73.1 Å². The van der Waals surface area contributed by atoms with E-state index < -0.39 is 5.91 Å². The van der Waals surface area contributed by atoms with Crippen molar-refractivity contribution in [3.63, 3.8) is 0 Å². The summed E-state index contributed by atoms with van der Waals surface area (Å²) >= 11 is 0. The summed E-state index contributed by atoms with van der Waals surface area (Å²) in [6.07, 6.45) is 0. The minimum Gasteiger partial charge on any atom is -0.426 e. The van der Waals surface area contributed by atoms with Crippen molar-refractivity contribution >= 4 is 22.8 Å². The van der Waals surface area contributed by atoms with Gasteiger partial charge in [-0.15, -0.1) is 0 Å². The monoisotopic (exact) mass is 488 g/mol. The zero-order chi connectivity index (χ0) is 26.0. The van der Waals surface area contributed by atoms with Crippen molar-refractivity contribution in [2.24, 2.45) is 0 Å². The molecule has 8 heteroatoms. The van der Waals surface area contributed by atoms with Gasteiger partial charge in [0.05, 0.1) is 23.4 Å². The number of hydrogen-bond acceptors (Lipinski definition) is 6. The minimum absolute atomic E-state index is 0.132. The smallest absolute Gasteiger partial charge is 0.292 e. The first-order chi connectivity index (χ1) is 16.8. The molecule has 0 atom stereocenters. The number of anilines is 1. The molecule has 188 valence electrons. The lowest BCUT2D eigenvalue weighted by Gasteiger charge is -2.20. The summed E-state index contributed by atoms with van der Waals surface area (Å²) in [6, 6.07) is 9.14. The molecular weight excluding hydrogens is 456 g/mol. The highest BCUT2D eigenvalue weighted by Crippen LogP contribution is 2.40. The zero-order valence-corrected chi connectivity index (χ0v) is 22.1. The van der Waals surface area contributed by atoms with Gasteiger partial charge in [0.25, 0.3) is 11.9 Å². The van der Waals surface area contributed by atoms with Gasteiger partial charge in [-0.1, -0.05) is 0 Å². The van der Waals surface area contributed by atoms with Crippen molar-refractivity contribution in [1.29, 1.82) is 0 Å². The third-order valence-electron chi connectivity index (χ3n) is 6.54. The van der Waals surface area contributed by atoms with Gasteiger partial charge in [-0.05, 0) is 102 Å². The van der Waals surface area contributed by atoms with E-state index >= 15 is 0 Å². The van der Waals surface area contributed by atoms with Crippen molar-refractivity contribution in [2.75, 3.05) is 5.32 Å². The average Bonchev–Trinajstić information content (AvgIpc) is 3.45. The number of furan rings is 1. The molecule has 0 radical (unpaired) electrons. The Kier molecular flexibility index (Phi) is 5.48. The summed E-state index contributed by atoms with van der Waals surface area (Å²) in [5.41, 5.74) is 5.23. The van der Waals surface area contributed by atoms with Crippen LogP contribution in [0.5, 0.6) is 11.7 Å². The Labute approximate surface area is 210 Å². The maximum Gasteiger partial charge on any atom is 0.292 e. The van der Waals surface area contributed by atoms with Crippen LogP contribution < -0.4 is 10.1 Å². The number of aryl methyl sites for hydroxylation is 3. The van der Waals surface area contributed by atoms with Crippen molar-refractivity contribution in [3.8, 4) is 11.7 Å². The fourth-order valence-corrected chi connectivity index (χ4v) is 4.69. The second kappa shape index (κ2) is 8.20. The van der Waals surface area contributed by atoms with Gasteiger partial charge in [-0.25, -0.2) is 9.67 Å². The fourth-order valence-electron chi connectivity index (χ4n) is 4.69. The molecule has 0 unspecified atom stereocenters. The van der Waals surface area contributed by atoms with Crippen LogP contribution in [0.2, 0.25) is 0 Å². The highest BCUT2D eigenvalue weighted by Gasteiger charge is 2.32. The normalized spacial score (nSPS) is 14.8. The predicted octanol–water partition coefficient (Wildman–Crippen LogP) is 6.51. The number of nitrogens with zero attached hydrogens (tertiary/aromatic N) is 3. The Balaban J connectivity index is 1.38. The van der Waals surface area contributed by atoms with E-state index in [9.17, 15) is 4.79 Å². The number of ether oxygens (including phenoxy) is 2. The molecule has 4 heterocycles. The van der Waals surface area contributed by atoms with Crippen LogP contribution in [-0.4, -0.2) is 20.7 Å². The molecule has 1 aliphatic rings. The lowest BCUT2D eigenvalue weighted by molar-refractivity contribution is -0.00795. The second-order valence-corrected chi connectivity index (χ2v) is 10.9. The van der Waals surface area contributed by atoms with Gasteiger partial charge in [0.1, 0.15) is 11.6 Å². The van der Waals surface area contributed by atoms with E-state index in [1.165, 1.54) is 0 Å². The number of pyridine rings is 1. The predicted molar refractivity (Wildman–Crippen MR) is 138 cm³/mol. The standard InChI is InChI=1S/C28H32N4O4/c1-15-11-18-14-34-28(7,8)19(18)13-21(15)36-23-10-9-20(35-23)26(33)30-22-12-16(2)24-17(3)31-32(25(24)29-22)27(4,5)6/h9-13H,14H2,1-8H3,(H,29,30,33). The Bertz CT molecular complexity index is 1500. The Morgan fingerprint density at radius 1 is 1.11 bits per heavy atom. The Morgan fingerprint density at radius 2 is 1.86 bits per heavy atom. The maximum absolute atomic E-state index is 13.0. The van der Waals surface area contributed by atoms with E-state index in [1.54, 1.807) is 12.1 Å². The third kappa shape index (κ3) is 4.15. The van der Waals surface area contributed by atoms with Crippen molar-refractivity contribution in [3.05, 3.63) is 64.0 Å². The average molecular weight is 489 g/mol. The number of rotatable bonds is 4. The molecule has 1 amide bonds. The molecule has 5 rings (SSSR count). The number of nitrogens with one attached hydrogen (secondary N) is 1. The van der Waals surface area contributed by atoms with Crippen LogP contribution in [0, 0.1) is 20.8 Å². The molecule has 4 aromatic rings. The molecule has 1 aromatic carbocycles. The van der Waals surface area contributed by atoms with Gasteiger partial charge in [-0.2, -0.15) is 5.10 Å². The molecule has 8 nitrogen and oxygen atoms in total. The molecule has 1 aliphatic heterocycles. The van der Waals surface area contributed by atoms with Crippen LogP contribution in [0.25, 0.3) is 11.0 Å². The summed E-state index contributed by atoms with van der Waals surface area (Å²) in [5.74, 6) is 1.07. The summed E-state index contributed by atoms with van der Waals surface area (Å²) in [7, 11) is 0. The van der Waals surface area contributed by atoms with E-state index in [4.69, 9.17) is 18.9 Å². The Morgan fingerprint density at radius 3 is 2.58 bits per heavy atom. The van der Waals surface area contributed by atoms with E-state index in [1.807, 2.05) is 51.4 Å². The molecule has 0 saturated heterocycles. The molecule has 0 bridgehead atoms. The summed E-state index contributed by atoms with van der Waals surface area (Å²) in [4.78, 5) is 17.7. The molecule has 0 saturated carbocycles. The minimum atomic E-state index is -0.408. The molecular formula is C28H32N4O4. The topological polar surface area (TPSA) is 91.4 Å². The van der Waals surface area contributed by atoms with Crippen LogP contribution in [-0.2, 0) is 22.5 Å². The first kappa shape index (κ1) is 24.1. The molecule has 0 aliphatic carbocycles. The lowest BCUT2D eigenvalue weighted by Crippen LogP contribution is -2.23. The third-order valence-corrected chi connectivity index (χ3v) is 6.54. The van der Waals surface area contributed by atoms with Gasteiger partial charge < -0.3 is 19.2 Å². The van der Waals surface area contributed by atoms with Crippen LogP contribution in [0.15, 0.2) is 34.7 Å². The number of carbonyl (C=O) groups excluding carboxylic acids is 1. The van der Waals surface area contributed by atoms with Crippen LogP contribution >= 0.6 is 0 Å². The summed E-state index contributed by atoms with van der Waals surface area (Å²) < 4.78 is 19.5. The number of hydrogen-bond donors (Lipinski definition) is 1. The van der Waals surface area contributed by atoms with Gasteiger partial charge >= 0.3 is 0 Å². The van der Waals surface area contributed by atoms with E-state index in [0.717, 1.165) is 39.0 Å². The number of benzene rings is 1. The fraction of sp³-hybridized carbons (Fsp3) is 0.393. The molecule has 3 aromatic heterocycles. The zero-order valence-electron chi connectivity index (χ0n) is 22.1. The summed E-state index contributed by atoms with van der Waals surface area (Å²) in [5, 5.41) is 8.53. The van der Waals surface area contributed by atoms with Crippen LogP contribution in [0.1, 0.15) is 73.1 Å². The number of amides is 1. The Hall–Kier alpha value is -3.65. The van der Waals surface area contributed by atoms with E-state index in [0.29, 0.717) is 18.2 Å². The first-order valence-corrected chi connectivity index (χ1v) is 12.1. The summed E-state index contributed by atoms with van der Waals surface area (Å²) in [6.45, 7) is 16.8. The van der Waals surface area contributed by atoms with E-state index in [2.05, 4.69) is 37.3 Å². The highest BCUT2D eigenvalue weighted by molar-refractivity contribution is 6.02. The van der Waals surface area contributed by atoms with E-state index in [-0.39, 0.29) is 22.8 Å². The van der Waals surface area contributed by atoms with Gasteiger partial charge in [0.2, 0.25) is 0 Å². The quantitative estimate of drug-likeness (QED) is 0.352. The van der Waals surface area contributed by atoms with Crippen molar-refractivity contribution in [1.82, 2.24) is 14.8 Å². The largest absolute Gasteiger partial charge is 0.426 e. The van der Waals surface area contributed by atoms with Crippen molar-refractivity contribution < 1.29 is 18.7 Å². The molecule has 36 heavy (non-hydrogen) atoms. The molecule has 1 N–H and O–H groups in total. The number of aromatic nitrogens is 3. The number of carbonyl (C=O) groups is 1. The maximum atomic E-state index is 13.0. The van der Waals surface area contributed by atoms with Crippen LogP contribution in [0.3, 0.4) is 0 Å².